The van der Waals surface area contributed by atoms with Crippen molar-refractivity contribution in [2.24, 2.45) is 5.41 Å². The number of ether oxygens (including phenoxy) is 1. The van der Waals surface area contributed by atoms with Crippen LogP contribution in [0.3, 0.4) is 0 Å². The van der Waals surface area contributed by atoms with Crippen molar-refractivity contribution in [3.8, 4) is 0 Å². The second-order valence-electron chi connectivity index (χ2n) is 6.29. The Morgan fingerprint density at radius 3 is 2.40 bits per heavy atom. The minimum Gasteiger partial charge on any atom is -0.370 e. The molecule has 1 fully saturated rings. The minimum absolute atomic E-state index is 0.112. The maximum Gasteiger partial charge on any atom is 0.197 e. The summed E-state index contributed by atoms with van der Waals surface area (Å²) in [6.45, 7) is 4.38. The van der Waals surface area contributed by atoms with E-state index in [1.54, 1.807) is 19.2 Å². The van der Waals surface area contributed by atoms with Crippen LogP contribution in [0.25, 0.3) is 0 Å². The highest BCUT2D eigenvalue weighted by atomic mass is 79.9. The van der Waals surface area contributed by atoms with Gasteiger partial charge in [0, 0.05) is 7.11 Å². The van der Waals surface area contributed by atoms with E-state index in [0.717, 1.165) is 12.8 Å². The molecular formula is C16H20BrFO2. The Balaban J connectivity index is 2.33. The van der Waals surface area contributed by atoms with Crippen molar-refractivity contribution in [1.29, 1.82) is 0 Å². The fourth-order valence-corrected chi connectivity index (χ4v) is 3.15. The monoisotopic (exact) mass is 342 g/mol. The van der Waals surface area contributed by atoms with Gasteiger partial charge in [-0.25, -0.2) is 4.39 Å². The Hall–Kier alpha value is -0.740. The molecule has 0 aromatic heterocycles. The Labute approximate surface area is 127 Å². The quantitative estimate of drug-likeness (QED) is 0.740. The van der Waals surface area contributed by atoms with Crippen LogP contribution in [0.5, 0.6) is 0 Å². The molecule has 0 unspecified atom stereocenters. The predicted molar refractivity (Wildman–Crippen MR) is 80.4 cm³/mol. The molecule has 1 aliphatic carbocycles. The topological polar surface area (TPSA) is 26.3 Å². The van der Waals surface area contributed by atoms with Crippen LogP contribution in [0.1, 0.15) is 49.9 Å². The summed E-state index contributed by atoms with van der Waals surface area (Å²) < 4.78 is 20.0. The molecule has 0 bridgehead atoms. The lowest BCUT2D eigenvalue weighted by Crippen LogP contribution is -2.46. The van der Waals surface area contributed by atoms with Gasteiger partial charge in [0.1, 0.15) is 11.4 Å². The van der Waals surface area contributed by atoms with E-state index < -0.39 is 11.4 Å². The number of hydrogen-bond acceptors (Lipinski definition) is 2. The minimum atomic E-state index is -0.878. The highest BCUT2D eigenvalue weighted by Crippen LogP contribution is 2.43. The van der Waals surface area contributed by atoms with Gasteiger partial charge >= 0.3 is 0 Å². The maximum absolute atomic E-state index is 14.1. The van der Waals surface area contributed by atoms with Crippen LogP contribution in [0.2, 0.25) is 0 Å². The molecule has 4 heteroatoms. The Morgan fingerprint density at radius 2 is 1.85 bits per heavy atom. The SMILES string of the molecule is COC1(C(=O)c2cccc(Br)c2F)CCC(C)(C)CC1. The van der Waals surface area contributed by atoms with Crippen LogP contribution in [-0.4, -0.2) is 18.5 Å². The number of halogens is 2. The molecular weight excluding hydrogens is 323 g/mol. The molecule has 0 heterocycles. The molecule has 2 rings (SSSR count). The summed E-state index contributed by atoms with van der Waals surface area (Å²) in [5.41, 5.74) is -0.545. The smallest absolute Gasteiger partial charge is 0.197 e. The molecule has 0 saturated heterocycles. The van der Waals surface area contributed by atoms with Gasteiger partial charge in [-0.3, -0.25) is 4.79 Å². The summed E-state index contributed by atoms with van der Waals surface area (Å²) in [5, 5.41) is 0. The number of carbonyl (C=O) groups is 1. The van der Waals surface area contributed by atoms with E-state index in [4.69, 9.17) is 4.74 Å². The Kier molecular flexibility index (Phi) is 4.35. The Morgan fingerprint density at radius 1 is 1.25 bits per heavy atom. The zero-order chi connectivity index (χ0) is 15.0. The van der Waals surface area contributed by atoms with E-state index in [1.165, 1.54) is 6.07 Å². The van der Waals surface area contributed by atoms with Gasteiger partial charge in [0.2, 0.25) is 0 Å². The molecule has 1 aromatic rings. The molecule has 110 valence electrons. The molecule has 1 aromatic carbocycles. The molecule has 0 spiro atoms. The first-order valence-corrected chi connectivity index (χ1v) is 7.65. The molecule has 0 amide bonds. The maximum atomic E-state index is 14.1. The van der Waals surface area contributed by atoms with Crippen molar-refractivity contribution in [3.05, 3.63) is 34.1 Å². The third kappa shape index (κ3) is 2.82. The molecule has 1 saturated carbocycles. The van der Waals surface area contributed by atoms with Crippen LogP contribution in [0.15, 0.2) is 22.7 Å². The zero-order valence-electron chi connectivity index (χ0n) is 12.1. The van der Waals surface area contributed by atoms with Crippen molar-refractivity contribution in [1.82, 2.24) is 0 Å². The van der Waals surface area contributed by atoms with E-state index in [2.05, 4.69) is 29.8 Å². The average Bonchev–Trinajstić information content (AvgIpc) is 2.42. The third-order valence-corrected chi connectivity index (χ3v) is 5.02. The third-order valence-electron chi connectivity index (χ3n) is 4.41. The summed E-state index contributed by atoms with van der Waals surface area (Å²) in [7, 11) is 1.55. The zero-order valence-corrected chi connectivity index (χ0v) is 13.7. The Bertz CT molecular complexity index is 515. The van der Waals surface area contributed by atoms with Crippen LogP contribution < -0.4 is 0 Å². The highest BCUT2D eigenvalue weighted by Gasteiger charge is 2.45. The molecule has 0 N–H and O–H groups in total. The average molecular weight is 343 g/mol. The second kappa shape index (κ2) is 5.57. The van der Waals surface area contributed by atoms with Crippen LogP contribution in [0, 0.1) is 11.2 Å². The first-order valence-electron chi connectivity index (χ1n) is 6.85. The van der Waals surface area contributed by atoms with E-state index in [1.807, 2.05) is 0 Å². The van der Waals surface area contributed by atoms with E-state index in [-0.39, 0.29) is 16.8 Å². The number of rotatable bonds is 3. The van der Waals surface area contributed by atoms with Gasteiger partial charge in [-0.1, -0.05) is 19.9 Å². The van der Waals surface area contributed by atoms with Crippen LogP contribution >= 0.6 is 15.9 Å². The highest BCUT2D eigenvalue weighted by molar-refractivity contribution is 9.10. The van der Waals surface area contributed by atoms with E-state index in [0.29, 0.717) is 17.3 Å². The number of hydrogen-bond donors (Lipinski definition) is 0. The van der Waals surface area contributed by atoms with Crippen molar-refractivity contribution < 1.29 is 13.9 Å². The largest absolute Gasteiger partial charge is 0.370 e. The summed E-state index contributed by atoms with van der Waals surface area (Å²) in [6.07, 6.45) is 3.09. The predicted octanol–water partition coefficient (Wildman–Crippen LogP) is 4.76. The number of benzene rings is 1. The van der Waals surface area contributed by atoms with E-state index >= 15 is 0 Å². The second-order valence-corrected chi connectivity index (χ2v) is 7.15. The van der Waals surface area contributed by atoms with Crippen LogP contribution in [-0.2, 0) is 4.74 Å². The molecule has 0 atom stereocenters. The van der Waals surface area contributed by atoms with Gasteiger partial charge in [-0.2, -0.15) is 0 Å². The number of methoxy groups -OCH3 is 1. The van der Waals surface area contributed by atoms with Crippen molar-refractivity contribution in [2.75, 3.05) is 7.11 Å². The molecule has 20 heavy (non-hydrogen) atoms. The summed E-state index contributed by atoms with van der Waals surface area (Å²) in [4.78, 5) is 12.8. The molecule has 1 aliphatic rings. The number of ketones is 1. The van der Waals surface area contributed by atoms with Gasteiger partial charge in [-0.15, -0.1) is 0 Å². The van der Waals surface area contributed by atoms with Gasteiger partial charge in [-0.05, 0) is 59.2 Å². The van der Waals surface area contributed by atoms with Crippen LogP contribution in [0.4, 0.5) is 4.39 Å². The normalized spacial score (nSPS) is 20.6. The lowest BCUT2D eigenvalue weighted by molar-refractivity contribution is -0.0385. The fourth-order valence-electron chi connectivity index (χ4n) is 2.78. The summed E-state index contributed by atoms with van der Waals surface area (Å²) in [6, 6.07) is 4.80. The van der Waals surface area contributed by atoms with Gasteiger partial charge in [0.15, 0.2) is 5.78 Å². The van der Waals surface area contributed by atoms with Gasteiger partial charge in [0.05, 0.1) is 10.0 Å². The van der Waals surface area contributed by atoms with Crippen molar-refractivity contribution >= 4 is 21.7 Å². The first-order chi connectivity index (χ1) is 9.31. The first kappa shape index (κ1) is 15.6. The number of Topliss-reactive ketones (excluding diaryl/α,β-unsaturated/α-hetero) is 1. The molecule has 0 radical (unpaired) electrons. The lowest BCUT2D eigenvalue weighted by Gasteiger charge is -2.41. The fraction of sp³-hybridized carbons (Fsp3) is 0.562. The number of carbonyl (C=O) groups excluding carboxylic acids is 1. The van der Waals surface area contributed by atoms with Gasteiger partial charge in [0.25, 0.3) is 0 Å². The molecule has 0 aliphatic heterocycles. The van der Waals surface area contributed by atoms with Crippen molar-refractivity contribution in [3.63, 3.8) is 0 Å². The summed E-state index contributed by atoms with van der Waals surface area (Å²) >= 11 is 3.13. The summed E-state index contributed by atoms with van der Waals surface area (Å²) in [5.74, 6) is -0.743. The molecule has 2 nitrogen and oxygen atoms in total. The standard InChI is InChI=1S/C16H20BrFO2/c1-15(2)7-9-16(20-3,10-8-15)14(19)11-5-4-6-12(17)13(11)18/h4-6H,7-10H2,1-3H3. The van der Waals surface area contributed by atoms with Crippen molar-refractivity contribution in [2.45, 2.75) is 45.1 Å². The van der Waals surface area contributed by atoms with Gasteiger partial charge < -0.3 is 4.74 Å². The van der Waals surface area contributed by atoms with E-state index in [9.17, 15) is 9.18 Å². The lowest BCUT2D eigenvalue weighted by atomic mass is 9.68.